The van der Waals surface area contributed by atoms with Gasteiger partial charge in [-0.3, -0.25) is 9.52 Å². The van der Waals surface area contributed by atoms with Crippen LogP contribution in [0.2, 0.25) is 0 Å². The minimum atomic E-state index is -3.77. The highest BCUT2D eigenvalue weighted by Gasteiger charge is 2.26. The van der Waals surface area contributed by atoms with Crippen molar-refractivity contribution in [3.63, 3.8) is 0 Å². The van der Waals surface area contributed by atoms with Gasteiger partial charge in [0, 0.05) is 18.3 Å². The Kier molecular flexibility index (Phi) is 4.67. The number of nitrogens with zero attached hydrogens (tertiary/aromatic N) is 1. The molecule has 0 atom stereocenters. The number of carbonyl (C=O) groups excluding carboxylic acids is 1. The van der Waals surface area contributed by atoms with Crippen molar-refractivity contribution in [3.05, 3.63) is 76.0 Å². The fraction of sp³-hybridized carbons (Fsp3) is 0.0952. The molecule has 140 valence electrons. The summed E-state index contributed by atoms with van der Waals surface area (Å²) in [5.41, 5.74) is 2.61. The molecule has 0 saturated heterocycles. The second kappa shape index (κ2) is 7.15. The summed E-state index contributed by atoms with van der Waals surface area (Å²) in [6, 6.07) is 15.6. The third kappa shape index (κ3) is 3.65. The molecule has 0 saturated carbocycles. The molecule has 2 aromatic carbocycles. The number of sulfonamides is 1. The van der Waals surface area contributed by atoms with Crippen molar-refractivity contribution in [2.24, 2.45) is 0 Å². The van der Waals surface area contributed by atoms with Gasteiger partial charge in [-0.15, -0.1) is 11.3 Å². The van der Waals surface area contributed by atoms with Gasteiger partial charge in [-0.05, 0) is 53.4 Å². The van der Waals surface area contributed by atoms with Crippen LogP contribution in [0.15, 0.2) is 64.9 Å². The standard InChI is InChI=1S/C21H16N2O3S2/c1-23-20-10-9-19(13-16(20)14-21(23)24)28(25,26)22-17-5-2-4-15(12-17)7-8-18-6-3-11-27-18/h2-6,9-13,22H,14H2,1H3. The van der Waals surface area contributed by atoms with Crippen LogP contribution in [0, 0.1) is 11.8 Å². The van der Waals surface area contributed by atoms with Gasteiger partial charge in [-0.2, -0.15) is 0 Å². The molecule has 1 N–H and O–H groups in total. The Labute approximate surface area is 167 Å². The molecule has 1 aliphatic rings. The zero-order valence-corrected chi connectivity index (χ0v) is 16.6. The molecular formula is C21H16N2O3S2. The Morgan fingerprint density at radius 2 is 1.93 bits per heavy atom. The molecule has 0 fully saturated rings. The molecule has 0 radical (unpaired) electrons. The molecule has 28 heavy (non-hydrogen) atoms. The van der Waals surface area contributed by atoms with E-state index in [4.69, 9.17) is 0 Å². The molecule has 1 aliphatic heterocycles. The molecule has 0 aliphatic carbocycles. The van der Waals surface area contributed by atoms with Gasteiger partial charge in [0.2, 0.25) is 5.91 Å². The summed E-state index contributed by atoms with van der Waals surface area (Å²) in [5, 5.41) is 1.95. The van der Waals surface area contributed by atoms with Crippen molar-refractivity contribution >= 4 is 38.6 Å². The highest BCUT2D eigenvalue weighted by molar-refractivity contribution is 7.92. The topological polar surface area (TPSA) is 66.5 Å². The Morgan fingerprint density at radius 3 is 2.71 bits per heavy atom. The lowest BCUT2D eigenvalue weighted by Gasteiger charge is -2.12. The van der Waals surface area contributed by atoms with Crippen LogP contribution in [-0.2, 0) is 21.2 Å². The average Bonchev–Trinajstić information content (AvgIpc) is 3.28. The first-order chi connectivity index (χ1) is 13.4. The summed E-state index contributed by atoms with van der Waals surface area (Å²) in [7, 11) is -2.09. The number of likely N-dealkylation sites (N-methyl/N-ethyl adjacent to an activating group) is 1. The van der Waals surface area contributed by atoms with Crippen LogP contribution in [-0.4, -0.2) is 21.4 Å². The SMILES string of the molecule is CN1C(=O)Cc2cc(S(=O)(=O)Nc3cccc(C#Cc4cccs4)c3)ccc21. The molecule has 0 spiro atoms. The predicted octanol–water partition coefficient (Wildman–Crippen LogP) is 3.47. The summed E-state index contributed by atoms with van der Waals surface area (Å²) in [6.45, 7) is 0. The molecule has 2 heterocycles. The van der Waals surface area contributed by atoms with Crippen LogP contribution in [0.4, 0.5) is 11.4 Å². The second-order valence-electron chi connectivity index (χ2n) is 6.33. The van der Waals surface area contributed by atoms with Crippen LogP contribution in [0.5, 0.6) is 0 Å². The first-order valence-electron chi connectivity index (χ1n) is 8.50. The number of fused-ring (bicyclic) bond motifs is 1. The van der Waals surface area contributed by atoms with Crippen LogP contribution >= 0.6 is 11.3 Å². The van der Waals surface area contributed by atoms with E-state index in [1.807, 2.05) is 23.6 Å². The second-order valence-corrected chi connectivity index (χ2v) is 8.96. The summed E-state index contributed by atoms with van der Waals surface area (Å²) in [5.74, 6) is 6.05. The van der Waals surface area contributed by atoms with E-state index in [0.29, 0.717) is 11.3 Å². The van der Waals surface area contributed by atoms with Gasteiger partial charge in [-0.1, -0.05) is 24.0 Å². The van der Waals surface area contributed by atoms with E-state index in [-0.39, 0.29) is 17.2 Å². The third-order valence-corrected chi connectivity index (χ3v) is 6.57. The maximum Gasteiger partial charge on any atom is 0.261 e. The number of benzene rings is 2. The third-order valence-electron chi connectivity index (χ3n) is 4.40. The fourth-order valence-electron chi connectivity index (χ4n) is 2.97. The number of nitrogens with one attached hydrogen (secondary N) is 1. The van der Waals surface area contributed by atoms with E-state index >= 15 is 0 Å². The maximum atomic E-state index is 12.8. The van der Waals surface area contributed by atoms with Gasteiger partial charge < -0.3 is 4.90 Å². The maximum absolute atomic E-state index is 12.8. The highest BCUT2D eigenvalue weighted by atomic mass is 32.2. The normalized spacial score (nSPS) is 13.0. The van der Waals surface area contributed by atoms with E-state index in [1.165, 1.54) is 11.0 Å². The van der Waals surface area contributed by atoms with Crippen molar-refractivity contribution < 1.29 is 13.2 Å². The summed E-state index contributed by atoms with van der Waals surface area (Å²) < 4.78 is 28.1. The van der Waals surface area contributed by atoms with Gasteiger partial charge >= 0.3 is 0 Å². The Morgan fingerprint density at radius 1 is 1.07 bits per heavy atom. The van der Waals surface area contributed by atoms with E-state index in [1.54, 1.807) is 48.7 Å². The number of carbonyl (C=O) groups is 1. The van der Waals surface area contributed by atoms with Crippen LogP contribution in [0.25, 0.3) is 0 Å². The van der Waals surface area contributed by atoms with Gasteiger partial charge in [0.15, 0.2) is 0 Å². The molecule has 4 rings (SSSR count). The number of thiophene rings is 1. The monoisotopic (exact) mass is 408 g/mol. The largest absolute Gasteiger partial charge is 0.315 e. The average molecular weight is 409 g/mol. The van der Waals surface area contributed by atoms with E-state index < -0.39 is 10.0 Å². The van der Waals surface area contributed by atoms with Crippen molar-refractivity contribution in [3.8, 4) is 11.8 Å². The number of hydrogen-bond acceptors (Lipinski definition) is 4. The molecular weight excluding hydrogens is 392 g/mol. The van der Waals surface area contributed by atoms with Crippen molar-refractivity contribution in [1.82, 2.24) is 0 Å². The predicted molar refractivity (Wildman–Crippen MR) is 111 cm³/mol. The molecule has 5 nitrogen and oxygen atoms in total. The van der Waals surface area contributed by atoms with Crippen molar-refractivity contribution in [1.29, 1.82) is 0 Å². The zero-order chi connectivity index (χ0) is 19.7. The Balaban J connectivity index is 1.58. The van der Waals surface area contributed by atoms with Crippen molar-refractivity contribution in [2.45, 2.75) is 11.3 Å². The Hall–Kier alpha value is -3.08. The lowest BCUT2D eigenvalue weighted by Crippen LogP contribution is -2.20. The molecule has 0 unspecified atom stereocenters. The molecule has 1 amide bonds. The summed E-state index contributed by atoms with van der Waals surface area (Å²) in [6.07, 6.45) is 0.211. The molecule has 7 heteroatoms. The number of amides is 1. The first kappa shape index (κ1) is 18.3. The number of anilines is 2. The lowest BCUT2D eigenvalue weighted by molar-refractivity contribution is -0.117. The van der Waals surface area contributed by atoms with E-state index in [2.05, 4.69) is 16.6 Å². The first-order valence-corrected chi connectivity index (χ1v) is 10.9. The van der Waals surface area contributed by atoms with E-state index in [9.17, 15) is 13.2 Å². The minimum absolute atomic E-state index is 0.0467. The summed E-state index contributed by atoms with van der Waals surface area (Å²) >= 11 is 1.55. The van der Waals surface area contributed by atoms with Crippen LogP contribution in [0.1, 0.15) is 16.0 Å². The van der Waals surface area contributed by atoms with Crippen LogP contribution in [0.3, 0.4) is 0 Å². The molecule has 3 aromatic rings. The van der Waals surface area contributed by atoms with Gasteiger partial charge in [-0.25, -0.2) is 8.42 Å². The summed E-state index contributed by atoms with van der Waals surface area (Å²) in [4.78, 5) is 14.4. The number of hydrogen-bond donors (Lipinski definition) is 1. The lowest BCUT2D eigenvalue weighted by atomic mass is 10.2. The zero-order valence-electron chi connectivity index (χ0n) is 15.0. The van der Waals surface area contributed by atoms with Gasteiger partial charge in [0.1, 0.15) is 0 Å². The van der Waals surface area contributed by atoms with Gasteiger partial charge in [0.25, 0.3) is 10.0 Å². The quantitative estimate of drug-likeness (QED) is 0.675. The van der Waals surface area contributed by atoms with Gasteiger partial charge in [0.05, 0.1) is 21.9 Å². The van der Waals surface area contributed by atoms with E-state index in [0.717, 1.165) is 16.1 Å². The Bertz CT molecular complexity index is 1220. The minimum Gasteiger partial charge on any atom is -0.315 e. The molecule has 1 aromatic heterocycles. The van der Waals surface area contributed by atoms with Crippen LogP contribution < -0.4 is 9.62 Å². The number of rotatable bonds is 3. The molecule has 0 bridgehead atoms. The highest BCUT2D eigenvalue weighted by Crippen LogP contribution is 2.30. The smallest absolute Gasteiger partial charge is 0.261 e. The van der Waals surface area contributed by atoms with Crippen molar-refractivity contribution in [2.75, 3.05) is 16.7 Å². The fourth-order valence-corrected chi connectivity index (χ4v) is 4.64.